The number of hydrogen-bond acceptors (Lipinski definition) is 16. The van der Waals surface area contributed by atoms with Crippen molar-refractivity contribution in [2.75, 3.05) is 50.2 Å². The van der Waals surface area contributed by atoms with Crippen LogP contribution in [0, 0.1) is 34.3 Å². The smallest absolute Gasteiger partial charge is 0.185 e. The fourth-order valence-corrected chi connectivity index (χ4v) is 9.95. The lowest BCUT2D eigenvalue weighted by molar-refractivity contribution is 0.0980. The molecule has 2 aliphatic heterocycles. The molecule has 0 spiro atoms. The van der Waals surface area contributed by atoms with E-state index in [0.29, 0.717) is 46.4 Å². The number of aromatic nitrogens is 8. The monoisotopic (exact) mass is 998 g/mol. The Labute approximate surface area is 424 Å². The van der Waals surface area contributed by atoms with Crippen molar-refractivity contribution in [2.45, 2.75) is 50.6 Å². The average Bonchev–Trinajstić information content (AvgIpc) is 3.99. The average molecular weight is 999 g/mol. The van der Waals surface area contributed by atoms with E-state index in [4.69, 9.17) is 20.9 Å². The molecule has 2 fully saturated rings. The van der Waals surface area contributed by atoms with Gasteiger partial charge in [-0.05, 0) is 85.3 Å². The highest BCUT2D eigenvalue weighted by Gasteiger charge is 2.29. The molecular formula is C54H52F2N14O4. The number of halogens is 2. The summed E-state index contributed by atoms with van der Waals surface area (Å²) in [7, 11) is 6.46. The lowest BCUT2D eigenvalue weighted by Gasteiger charge is -2.34. The molecule has 4 N–H and O–H groups in total. The van der Waals surface area contributed by atoms with Crippen molar-refractivity contribution in [2.24, 2.45) is 25.6 Å². The summed E-state index contributed by atoms with van der Waals surface area (Å²) in [6, 6.07) is 19.8. The van der Waals surface area contributed by atoms with E-state index in [9.17, 15) is 28.9 Å². The predicted molar refractivity (Wildman–Crippen MR) is 274 cm³/mol. The molecule has 4 aromatic heterocycles. The second-order valence-corrected chi connectivity index (χ2v) is 18.2. The number of ketones is 2. The van der Waals surface area contributed by atoms with Crippen molar-refractivity contribution in [3.8, 4) is 46.4 Å². The molecule has 376 valence electrons. The number of piperidine rings is 2. The van der Waals surface area contributed by atoms with Crippen LogP contribution in [0.2, 0.25) is 0 Å². The normalized spacial score (nSPS) is 15.5. The fraction of sp³-hybridized carbons (Fsp3) is 0.296. The Morgan fingerprint density at radius 1 is 0.730 bits per heavy atom. The number of nitriles is 2. The Balaban J connectivity index is 0.000000182. The zero-order valence-corrected chi connectivity index (χ0v) is 41.2. The molecule has 2 saturated heterocycles. The number of methoxy groups -OCH3 is 2. The van der Waals surface area contributed by atoms with Crippen LogP contribution in [0.3, 0.4) is 0 Å². The van der Waals surface area contributed by atoms with Crippen LogP contribution in [-0.2, 0) is 26.9 Å². The standard InChI is InChI=1S/2C27H26FN7O2/c1-34-25-17(13-29)11-16(26(19(25)14-32-34)35-10-4-5-18(30)15-35)12-22(36)21-8-9-31-27(33-21)24-20(28)6-3-7-23(24)37-2;1-34-15-19-25(33-34)17(13-29)11-16(26(19)35-10-4-5-18(30)14-35)12-22(36)21-8-9-31-27(32-21)24-20(28)6-3-7-23(24)37-2/h3,6-9,11,14,18H,4-5,10,12,15,30H2,1-2H3;3,6-9,11,15,18H,4-5,10,12,14,30H2,1-2H3/t2*18-/m11/s1. The molecule has 0 aliphatic carbocycles. The van der Waals surface area contributed by atoms with Crippen LogP contribution in [-0.4, -0.2) is 104 Å². The number of carbonyl (C=O) groups excluding carboxylic acids is 2. The van der Waals surface area contributed by atoms with Crippen LogP contribution in [0.1, 0.15) is 68.9 Å². The summed E-state index contributed by atoms with van der Waals surface area (Å²) in [6.45, 7) is 2.86. The number of fused-ring (bicyclic) bond motifs is 2. The van der Waals surface area contributed by atoms with Crippen LogP contribution < -0.4 is 30.7 Å². The number of aryl methyl sites for hydroxylation is 2. The molecule has 0 saturated carbocycles. The molecule has 20 heteroatoms. The van der Waals surface area contributed by atoms with Gasteiger partial charge in [-0.1, -0.05) is 12.1 Å². The maximum atomic E-state index is 14.6. The second-order valence-electron chi connectivity index (χ2n) is 18.2. The minimum Gasteiger partial charge on any atom is -0.496 e. The molecule has 0 bridgehead atoms. The summed E-state index contributed by atoms with van der Waals surface area (Å²) in [6.07, 6.45) is 10.2. The predicted octanol–water partition coefficient (Wildman–Crippen LogP) is 6.81. The maximum Gasteiger partial charge on any atom is 0.185 e. The van der Waals surface area contributed by atoms with Crippen LogP contribution in [0.25, 0.3) is 44.6 Å². The first-order valence-corrected chi connectivity index (χ1v) is 24.0. The van der Waals surface area contributed by atoms with Crippen molar-refractivity contribution < 1.29 is 27.8 Å². The zero-order valence-electron chi connectivity index (χ0n) is 41.2. The number of nitrogens with two attached hydrogens (primary N) is 2. The largest absolute Gasteiger partial charge is 0.496 e. The van der Waals surface area contributed by atoms with Gasteiger partial charge in [0.05, 0.1) is 59.6 Å². The molecular weight excluding hydrogens is 947 g/mol. The third-order valence-corrected chi connectivity index (χ3v) is 13.2. The number of benzene rings is 4. The Hall–Kier alpha value is -8.72. The van der Waals surface area contributed by atoms with E-state index < -0.39 is 11.6 Å². The first-order chi connectivity index (χ1) is 35.8. The fourth-order valence-electron chi connectivity index (χ4n) is 9.95. The van der Waals surface area contributed by atoms with Crippen LogP contribution >= 0.6 is 0 Å². The number of rotatable bonds is 12. The van der Waals surface area contributed by atoms with Crippen molar-refractivity contribution in [3.63, 3.8) is 0 Å². The lowest BCUT2D eigenvalue weighted by Crippen LogP contribution is -2.43. The Kier molecular flexibility index (Phi) is 14.6. The molecule has 4 aromatic carbocycles. The van der Waals surface area contributed by atoms with E-state index >= 15 is 0 Å². The van der Waals surface area contributed by atoms with Gasteiger partial charge >= 0.3 is 0 Å². The second kappa shape index (κ2) is 21.6. The van der Waals surface area contributed by atoms with Gasteiger partial charge in [0, 0.05) is 94.6 Å². The van der Waals surface area contributed by atoms with Gasteiger partial charge in [0.1, 0.15) is 52.2 Å². The summed E-state index contributed by atoms with van der Waals surface area (Å²) in [5.41, 5.74) is 18.2. The zero-order chi connectivity index (χ0) is 52.2. The Bertz CT molecular complexity index is 3400. The molecule has 6 heterocycles. The highest BCUT2D eigenvalue weighted by molar-refractivity contribution is 6.03. The van der Waals surface area contributed by atoms with Crippen molar-refractivity contribution in [3.05, 3.63) is 131 Å². The van der Waals surface area contributed by atoms with E-state index in [1.807, 2.05) is 6.20 Å². The van der Waals surface area contributed by atoms with Gasteiger partial charge in [-0.3, -0.25) is 19.0 Å². The van der Waals surface area contributed by atoms with Gasteiger partial charge in [-0.15, -0.1) is 0 Å². The molecule has 8 aromatic rings. The number of anilines is 2. The number of ether oxygens (including phenoxy) is 2. The van der Waals surface area contributed by atoms with Crippen molar-refractivity contribution >= 4 is 44.7 Å². The summed E-state index contributed by atoms with van der Waals surface area (Å²) in [4.78, 5) is 48.5. The molecule has 18 nitrogen and oxygen atoms in total. The molecule has 2 atom stereocenters. The summed E-state index contributed by atoms with van der Waals surface area (Å²) in [5, 5.41) is 30.2. The number of nitrogens with zero attached hydrogens (tertiary/aromatic N) is 12. The molecule has 10 rings (SSSR count). The SMILES string of the molecule is COc1cccc(F)c1-c1nccc(C(=O)Cc2cc(C#N)c3c(cnn3C)c2N2CCC[C@@H](N)C2)n1.COc1cccc(F)c1-c1nccc(C(=O)Cc2cc(C#N)c3nn(C)cc3c2N2CCC[C@@H](N)C2)n1. The number of carbonyl (C=O) groups is 2. The first-order valence-electron chi connectivity index (χ1n) is 24.0. The van der Waals surface area contributed by atoms with Gasteiger partial charge < -0.3 is 30.7 Å². The molecule has 0 radical (unpaired) electrons. The molecule has 0 unspecified atom stereocenters. The number of hydrogen-bond donors (Lipinski definition) is 2. The minimum atomic E-state index is -0.548. The van der Waals surface area contributed by atoms with E-state index in [0.717, 1.165) is 60.9 Å². The number of Topliss-reactive ketones (excluding diaryl/α,β-unsaturated/α-hetero) is 2. The van der Waals surface area contributed by atoms with E-state index in [2.05, 4.69) is 52.1 Å². The van der Waals surface area contributed by atoms with E-state index in [1.165, 1.54) is 63.0 Å². The third-order valence-electron chi connectivity index (χ3n) is 13.2. The van der Waals surface area contributed by atoms with Gasteiger partial charge in [-0.2, -0.15) is 20.7 Å². The molecule has 74 heavy (non-hydrogen) atoms. The van der Waals surface area contributed by atoms with Crippen molar-refractivity contribution in [1.82, 2.24) is 39.5 Å². The van der Waals surface area contributed by atoms with Gasteiger partial charge in [0.15, 0.2) is 23.2 Å². The lowest BCUT2D eigenvalue weighted by atomic mass is 9.96. The van der Waals surface area contributed by atoms with Crippen LogP contribution in [0.15, 0.2) is 85.5 Å². The maximum absolute atomic E-state index is 14.6. The van der Waals surface area contributed by atoms with Gasteiger partial charge in [0.2, 0.25) is 0 Å². The Morgan fingerprint density at radius 3 is 1.72 bits per heavy atom. The van der Waals surface area contributed by atoms with E-state index in [1.54, 1.807) is 53.9 Å². The first kappa shape index (κ1) is 50.2. The quantitative estimate of drug-likeness (QED) is 0.119. The topological polar surface area (TPSA) is 246 Å². The van der Waals surface area contributed by atoms with Crippen LogP contribution in [0.5, 0.6) is 11.5 Å². The minimum absolute atomic E-state index is 0.00849. The molecule has 2 aliphatic rings. The third kappa shape index (κ3) is 10.0. The summed E-state index contributed by atoms with van der Waals surface area (Å²) >= 11 is 0. The summed E-state index contributed by atoms with van der Waals surface area (Å²) in [5.74, 6) is -1.00. The van der Waals surface area contributed by atoms with Crippen LogP contribution in [0.4, 0.5) is 20.2 Å². The highest BCUT2D eigenvalue weighted by atomic mass is 19.1. The summed E-state index contributed by atoms with van der Waals surface area (Å²) < 4.78 is 43.2. The van der Waals surface area contributed by atoms with Gasteiger partial charge in [0.25, 0.3) is 0 Å². The highest BCUT2D eigenvalue weighted by Crippen LogP contribution is 2.38. The van der Waals surface area contributed by atoms with Gasteiger partial charge in [-0.25, -0.2) is 28.7 Å². The Morgan fingerprint density at radius 2 is 1.23 bits per heavy atom. The van der Waals surface area contributed by atoms with E-state index in [-0.39, 0.29) is 82.2 Å². The van der Waals surface area contributed by atoms with Crippen molar-refractivity contribution in [1.29, 1.82) is 10.5 Å². The molecule has 0 amide bonds.